The monoisotopic (exact) mass is 312 g/mol. The van der Waals surface area contributed by atoms with Crippen molar-refractivity contribution in [3.05, 3.63) is 70.9 Å². The summed E-state index contributed by atoms with van der Waals surface area (Å²) < 4.78 is 0.589. The summed E-state index contributed by atoms with van der Waals surface area (Å²) in [5.41, 5.74) is 1.82. The molecule has 21 heavy (non-hydrogen) atoms. The second kappa shape index (κ2) is 6.20. The van der Waals surface area contributed by atoms with Crippen molar-refractivity contribution in [2.45, 2.75) is 6.54 Å². The second-order valence-corrected chi connectivity index (χ2v) is 6.18. The zero-order valence-electron chi connectivity index (χ0n) is 11.1. The Morgan fingerprint density at radius 3 is 2.62 bits per heavy atom. The van der Waals surface area contributed by atoms with Crippen LogP contribution in [0.3, 0.4) is 0 Å². The van der Waals surface area contributed by atoms with Crippen LogP contribution in [0.1, 0.15) is 11.3 Å². The molecule has 104 valence electrons. The Morgan fingerprint density at radius 2 is 1.90 bits per heavy atom. The summed E-state index contributed by atoms with van der Waals surface area (Å²) in [5.74, 6) is -0.0560. The van der Waals surface area contributed by atoms with Gasteiger partial charge in [-0.1, -0.05) is 60.4 Å². The average Bonchev–Trinajstić information content (AvgIpc) is 2.77. The molecule has 0 radical (unpaired) electrons. The predicted octanol–water partition coefficient (Wildman–Crippen LogP) is 3.48. The van der Waals surface area contributed by atoms with Crippen molar-refractivity contribution in [3.63, 3.8) is 0 Å². The Labute approximate surface area is 132 Å². The Bertz CT molecular complexity index is 699. The molecule has 2 aromatic rings. The molecule has 2 heterocycles. The summed E-state index contributed by atoms with van der Waals surface area (Å²) in [6, 6.07) is 15.4. The van der Waals surface area contributed by atoms with E-state index in [9.17, 15) is 4.79 Å². The van der Waals surface area contributed by atoms with E-state index in [1.54, 1.807) is 17.2 Å². The lowest BCUT2D eigenvalue weighted by molar-refractivity contribution is -0.122. The molecule has 0 atom stereocenters. The number of thioether (sulfide) groups is 1. The number of hydrogen-bond acceptors (Lipinski definition) is 4. The highest BCUT2D eigenvalue weighted by molar-refractivity contribution is 8.26. The number of carbonyl (C=O) groups is 1. The molecule has 3 nitrogen and oxygen atoms in total. The SMILES string of the molecule is O=C1/C(=C\c2ccccn2)SC(=S)N1Cc1ccccc1. The van der Waals surface area contributed by atoms with Crippen molar-refractivity contribution in [2.75, 3.05) is 0 Å². The van der Waals surface area contributed by atoms with Gasteiger partial charge in [0.1, 0.15) is 4.32 Å². The molecular weight excluding hydrogens is 300 g/mol. The molecule has 0 aliphatic carbocycles. The minimum atomic E-state index is -0.0560. The molecule has 0 N–H and O–H groups in total. The fourth-order valence-electron chi connectivity index (χ4n) is 2.00. The fraction of sp³-hybridized carbons (Fsp3) is 0.0625. The maximum atomic E-state index is 12.4. The third-order valence-corrected chi connectivity index (χ3v) is 4.40. The molecule has 0 bridgehead atoms. The summed E-state index contributed by atoms with van der Waals surface area (Å²) in [7, 11) is 0. The zero-order valence-corrected chi connectivity index (χ0v) is 12.7. The predicted molar refractivity (Wildman–Crippen MR) is 89.4 cm³/mol. The summed E-state index contributed by atoms with van der Waals surface area (Å²) >= 11 is 6.64. The van der Waals surface area contributed by atoms with E-state index in [0.29, 0.717) is 15.8 Å². The maximum absolute atomic E-state index is 12.4. The molecular formula is C16H12N2OS2. The van der Waals surface area contributed by atoms with Crippen LogP contribution in [-0.2, 0) is 11.3 Å². The molecule has 1 fully saturated rings. The molecule has 1 aromatic carbocycles. The summed E-state index contributed by atoms with van der Waals surface area (Å²) in [6.45, 7) is 0.505. The van der Waals surface area contributed by atoms with E-state index in [1.165, 1.54) is 11.8 Å². The molecule has 0 spiro atoms. The highest BCUT2D eigenvalue weighted by Gasteiger charge is 2.31. The van der Waals surface area contributed by atoms with E-state index < -0.39 is 0 Å². The van der Waals surface area contributed by atoms with Crippen molar-refractivity contribution >= 4 is 40.3 Å². The van der Waals surface area contributed by atoms with E-state index in [-0.39, 0.29) is 5.91 Å². The van der Waals surface area contributed by atoms with E-state index >= 15 is 0 Å². The number of rotatable bonds is 3. The number of thiocarbonyl (C=S) groups is 1. The fourth-order valence-corrected chi connectivity index (χ4v) is 3.24. The minimum absolute atomic E-state index is 0.0560. The van der Waals surface area contributed by atoms with Crippen LogP contribution in [0.25, 0.3) is 6.08 Å². The second-order valence-electron chi connectivity index (χ2n) is 4.51. The molecule has 0 unspecified atom stereocenters. The van der Waals surface area contributed by atoms with Crippen molar-refractivity contribution in [1.82, 2.24) is 9.88 Å². The number of aromatic nitrogens is 1. The lowest BCUT2D eigenvalue weighted by Gasteiger charge is -2.14. The Kier molecular flexibility index (Phi) is 4.13. The topological polar surface area (TPSA) is 33.2 Å². The van der Waals surface area contributed by atoms with E-state index in [1.807, 2.05) is 48.5 Å². The number of nitrogens with zero attached hydrogens (tertiary/aromatic N) is 2. The van der Waals surface area contributed by atoms with Gasteiger partial charge in [-0.05, 0) is 23.8 Å². The number of carbonyl (C=O) groups excluding carboxylic acids is 1. The first-order chi connectivity index (χ1) is 10.2. The van der Waals surface area contributed by atoms with Gasteiger partial charge >= 0.3 is 0 Å². The third-order valence-electron chi connectivity index (χ3n) is 3.02. The quantitative estimate of drug-likeness (QED) is 0.642. The lowest BCUT2D eigenvalue weighted by Crippen LogP contribution is -2.27. The van der Waals surface area contributed by atoms with Crippen LogP contribution < -0.4 is 0 Å². The van der Waals surface area contributed by atoms with Crippen LogP contribution in [0.4, 0.5) is 0 Å². The molecule has 5 heteroatoms. The first kappa shape index (κ1) is 14.0. The van der Waals surface area contributed by atoms with Crippen LogP contribution in [-0.4, -0.2) is 20.1 Å². The maximum Gasteiger partial charge on any atom is 0.266 e. The van der Waals surface area contributed by atoms with Crippen molar-refractivity contribution in [3.8, 4) is 0 Å². The molecule has 1 aliphatic rings. The molecule has 0 saturated carbocycles. The lowest BCUT2D eigenvalue weighted by atomic mass is 10.2. The molecule has 1 aromatic heterocycles. The highest BCUT2D eigenvalue weighted by atomic mass is 32.2. The number of amides is 1. The summed E-state index contributed by atoms with van der Waals surface area (Å²) in [5, 5.41) is 0. The van der Waals surface area contributed by atoms with Crippen molar-refractivity contribution in [2.24, 2.45) is 0 Å². The minimum Gasteiger partial charge on any atom is -0.288 e. The van der Waals surface area contributed by atoms with Crippen molar-refractivity contribution < 1.29 is 4.79 Å². The average molecular weight is 312 g/mol. The molecule has 3 rings (SSSR count). The van der Waals surface area contributed by atoms with Crippen LogP contribution in [0, 0.1) is 0 Å². The molecule has 1 aliphatic heterocycles. The zero-order chi connectivity index (χ0) is 14.7. The Balaban J connectivity index is 1.81. The third kappa shape index (κ3) is 3.20. The molecule has 1 amide bonds. The van der Waals surface area contributed by atoms with Crippen LogP contribution in [0.2, 0.25) is 0 Å². The first-order valence-electron chi connectivity index (χ1n) is 6.44. The van der Waals surface area contributed by atoms with E-state index in [0.717, 1.165) is 11.3 Å². The van der Waals surface area contributed by atoms with Gasteiger partial charge in [-0.25, -0.2) is 0 Å². The van der Waals surface area contributed by atoms with Crippen LogP contribution in [0.15, 0.2) is 59.6 Å². The Morgan fingerprint density at radius 1 is 1.14 bits per heavy atom. The standard InChI is InChI=1S/C16H12N2OS2/c19-15-14(10-13-8-4-5-9-17-13)21-16(20)18(15)11-12-6-2-1-3-7-12/h1-10H,11H2/b14-10+. The first-order valence-corrected chi connectivity index (χ1v) is 7.67. The van der Waals surface area contributed by atoms with Gasteiger partial charge < -0.3 is 0 Å². The summed E-state index contributed by atoms with van der Waals surface area (Å²) in [4.78, 5) is 18.9. The number of pyridine rings is 1. The normalized spacial score (nSPS) is 16.8. The number of benzene rings is 1. The summed E-state index contributed by atoms with van der Waals surface area (Å²) in [6.07, 6.45) is 3.49. The van der Waals surface area contributed by atoms with Gasteiger partial charge in [0, 0.05) is 6.20 Å². The van der Waals surface area contributed by atoms with Gasteiger partial charge in [-0.3, -0.25) is 14.7 Å². The highest BCUT2D eigenvalue weighted by Crippen LogP contribution is 2.33. The van der Waals surface area contributed by atoms with Gasteiger partial charge in [0.05, 0.1) is 17.1 Å². The number of hydrogen-bond donors (Lipinski definition) is 0. The Hall–Kier alpha value is -1.98. The van der Waals surface area contributed by atoms with Gasteiger partial charge in [-0.15, -0.1) is 0 Å². The van der Waals surface area contributed by atoms with Crippen LogP contribution >= 0.6 is 24.0 Å². The largest absolute Gasteiger partial charge is 0.288 e. The van der Waals surface area contributed by atoms with E-state index in [4.69, 9.17) is 12.2 Å². The smallest absolute Gasteiger partial charge is 0.266 e. The van der Waals surface area contributed by atoms with Crippen LogP contribution in [0.5, 0.6) is 0 Å². The van der Waals surface area contributed by atoms with E-state index in [2.05, 4.69) is 4.98 Å². The molecule has 1 saturated heterocycles. The van der Waals surface area contributed by atoms with Gasteiger partial charge in [-0.2, -0.15) is 0 Å². The van der Waals surface area contributed by atoms with Crippen molar-refractivity contribution in [1.29, 1.82) is 0 Å². The van der Waals surface area contributed by atoms with Gasteiger partial charge in [0.15, 0.2) is 0 Å². The van der Waals surface area contributed by atoms with Gasteiger partial charge in [0.25, 0.3) is 5.91 Å². The van der Waals surface area contributed by atoms with Gasteiger partial charge in [0.2, 0.25) is 0 Å².